The Labute approximate surface area is 156 Å². The molecule has 7 nitrogen and oxygen atoms in total. The van der Waals surface area contributed by atoms with Gasteiger partial charge in [0.1, 0.15) is 11.5 Å². The van der Waals surface area contributed by atoms with Crippen LogP contribution in [0.15, 0.2) is 60.7 Å². The summed E-state index contributed by atoms with van der Waals surface area (Å²) in [5.74, 6) is 0.933. The fourth-order valence-electron chi connectivity index (χ4n) is 2.23. The number of rotatable bonds is 6. The van der Waals surface area contributed by atoms with Crippen LogP contribution in [0.2, 0.25) is 0 Å². The van der Waals surface area contributed by atoms with Gasteiger partial charge in [-0.05, 0) is 55.5 Å². The predicted octanol–water partition coefficient (Wildman–Crippen LogP) is 4.01. The third kappa shape index (κ3) is 4.88. The van der Waals surface area contributed by atoms with Gasteiger partial charge in [-0.2, -0.15) is 4.98 Å². The highest BCUT2D eigenvalue weighted by Crippen LogP contribution is 2.28. The topological polar surface area (TPSA) is 110 Å². The molecule has 0 aliphatic rings. The molecule has 7 heteroatoms. The van der Waals surface area contributed by atoms with E-state index in [0.29, 0.717) is 22.9 Å². The van der Waals surface area contributed by atoms with Crippen molar-refractivity contribution in [2.45, 2.75) is 6.92 Å². The van der Waals surface area contributed by atoms with Crippen molar-refractivity contribution in [3.63, 3.8) is 0 Å². The van der Waals surface area contributed by atoms with E-state index in [1.54, 1.807) is 55.5 Å². The smallest absolute Gasteiger partial charge is 0.338 e. The first kappa shape index (κ1) is 18.1. The summed E-state index contributed by atoms with van der Waals surface area (Å²) in [5, 5.41) is 0. The number of anilines is 2. The Morgan fingerprint density at radius 2 is 1.30 bits per heavy atom. The highest BCUT2D eigenvalue weighted by Gasteiger charge is 2.14. The molecule has 138 valence electrons. The van der Waals surface area contributed by atoms with Gasteiger partial charge in [0.25, 0.3) is 0 Å². The van der Waals surface area contributed by atoms with Crippen LogP contribution in [0.4, 0.5) is 11.4 Å². The molecule has 0 aliphatic carbocycles. The fourth-order valence-corrected chi connectivity index (χ4v) is 2.23. The minimum atomic E-state index is -0.496. The van der Waals surface area contributed by atoms with E-state index < -0.39 is 5.97 Å². The lowest BCUT2D eigenvalue weighted by molar-refractivity contribution is 0.0525. The number of hydrogen-bond donors (Lipinski definition) is 2. The molecule has 3 aromatic rings. The second kappa shape index (κ2) is 8.09. The summed E-state index contributed by atoms with van der Waals surface area (Å²) < 4.78 is 16.5. The summed E-state index contributed by atoms with van der Waals surface area (Å²) >= 11 is 0. The van der Waals surface area contributed by atoms with Gasteiger partial charge < -0.3 is 25.7 Å². The lowest BCUT2D eigenvalue weighted by atomic mass is 10.2. The Morgan fingerprint density at radius 3 is 1.70 bits per heavy atom. The fraction of sp³-hybridized carbons (Fsp3) is 0.100. The number of aromatic nitrogens is 1. The van der Waals surface area contributed by atoms with Crippen LogP contribution in [0.5, 0.6) is 23.3 Å². The lowest BCUT2D eigenvalue weighted by Crippen LogP contribution is -2.06. The number of benzene rings is 2. The molecule has 0 aliphatic heterocycles. The molecule has 1 heterocycles. The van der Waals surface area contributed by atoms with Crippen molar-refractivity contribution in [2.24, 2.45) is 0 Å². The number of esters is 1. The average molecular weight is 365 g/mol. The summed E-state index contributed by atoms with van der Waals surface area (Å²) in [6.45, 7) is 1.99. The van der Waals surface area contributed by atoms with Gasteiger partial charge in [0.15, 0.2) is 0 Å². The number of nitrogens with two attached hydrogens (primary N) is 2. The zero-order valence-electron chi connectivity index (χ0n) is 14.7. The maximum atomic E-state index is 12.1. The number of nitrogen functional groups attached to an aromatic ring is 2. The van der Waals surface area contributed by atoms with Gasteiger partial charge in [0.05, 0.1) is 12.2 Å². The van der Waals surface area contributed by atoms with Crippen LogP contribution in [0.3, 0.4) is 0 Å². The van der Waals surface area contributed by atoms with E-state index in [0.717, 1.165) is 0 Å². The van der Waals surface area contributed by atoms with Crippen LogP contribution < -0.4 is 20.9 Å². The lowest BCUT2D eigenvalue weighted by Gasteiger charge is -2.11. The van der Waals surface area contributed by atoms with E-state index >= 15 is 0 Å². The second-order valence-electron chi connectivity index (χ2n) is 5.59. The van der Waals surface area contributed by atoms with Gasteiger partial charge in [-0.25, -0.2) is 4.79 Å². The van der Waals surface area contributed by atoms with Crippen LogP contribution in [0.25, 0.3) is 0 Å². The van der Waals surface area contributed by atoms with Gasteiger partial charge in [-0.3, -0.25) is 0 Å². The zero-order valence-corrected chi connectivity index (χ0v) is 14.7. The molecule has 0 atom stereocenters. The summed E-state index contributed by atoms with van der Waals surface area (Å²) in [6, 6.07) is 16.6. The minimum Gasteiger partial charge on any atom is -0.462 e. The Balaban J connectivity index is 1.91. The monoisotopic (exact) mass is 365 g/mol. The molecule has 1 aromatic heterocycles. The third-order valence-corrected chi connectivity index (χ3v) is 3.49. The summed E-state index contributed by atoms with van der Waals surface area (Å²) in [7, 11) is 0. The number of ether oxygens (including phenoxy) is 3. The van der Waals surface area contributed by atoms with Crippen molar-refractivity contribution in [2.75, 3.05) is 18.1 Å². The molecule has 0 spiro atoms. The van der Waals surface area contributed by atoms with Crippen molar-refractivity contribution in [3.8, 4) is 23.3 Å². The third-order valence-electron chi connectivity index (χ3n) is 3.49. The highest BCUT2D eigenvalue weighted by atomic mass is 16.5. The van der Waals surface area contributed by atoms with E-state index in [9.17, 15) is 4.79 Å². The molecule has 2 aromatic carbocycles. The van der Waals surface area contributed by atoms with Crippen molar-refractivity contribution >= 4 is 17.3 Å². The van der Waals surface area contributed by atoms with Gasteiger partial charge in [0.2, 0.25) is 11.8 Å². The van der Waals surface area contributed by atoms with E-state index in [1.165, 1.54) is 12.1 Å². The molecule has 0 amide bonds. The normalized spacial score (nSPS) is 10.3. The SMILES string of the molecule is CCOC(=O)c1cc(Oc2ccc(N)cc2)nc(Oc2ccc(N)cc2)c1. The molecular formula is C20H19N3O4. The molecule has 0 bridgehead atoms. The molecule has 0 unspecified atom stereocenters. The summed E-state index contributed by atoms with van der Waals surface area (Å²) in [6.07, 6.45) is 0. The first-order valence-corrected chi connectivity index (χ1v) is 8.29. The Bertz CT molecular complexity index is 859. The average Bonchev–Trinajstić information content (AvgIpc) is 2.65. The predicted molar refractivity (Wildman–Crippen MR) is 102 cm³/mol. The van der Waals surface area contributed by atoms with E-state index in [4.69, 9.17) is 25.7 Å². The number of nitrogens with zero attached hydrogens (tertiary/aromatic N) is 1. The second-order valence-corrected chi connectivity index (χ2v) is 5.59. The quantitative estimate of drug-likeness (QED) is 0.502. The number of hydrogen-bond acceptors (Lipinski definition) is 7. The Kier molecular flexibility index (Phi) is 5.41. The van der Waals surface area contributed by atoms with Crippen LogP contribution in [0, 0.1) is 0 Å². The van der Waals surface area contributed by atoms with E-state index in [-0.39, 0.29) is 23.9 Å². The Hall–Kier alpha value is -3.74. The van der Waals surface area contributed by atoms with Crippen LogP contribution in [-0.2, 0) is 4.74 Å². The number of pyridine rings is 1. The van der Waals surface area contributed by atoms with Gasteiger partial charge in [-0.15, -0.1) is 0 Å². The molecule has 4 N–H and O–H groups in total. The van der Waals surface area contributed by atoms with Crippen LogP contribution in [0.1, 0.15) is 17.3 Å². The maximum Gasteiger partial charge on any atom is 0.338 e. The summed E-state index contributed by atoms with van der Waals surface area (Å²) in [5.41, 5.74) is 12.8. The van der Waals surface area contributed by atoms with Gasteiger partial charge >= 0.3 is 5.97 Å². The van der Waals surface area contributed by atoms with Crippen LogP contribution >= 0.6 is 0 Å². The number of carbonyl (C=O) groups is 1. The van der Waals surface area contributed by atoms with Gasteiger partial charge in [0, 0.05) is 23.5 Å². The van der Waals surface area contributed by atoms with Crippen molar-refractivity contribution < 1.29 is 19.0 Å². The largest absolute Gasteiger partial charge is 0.462 e. The van der Waals surface area contributed by atoms with E-state index in [2.05, 4.69) is 4.98 Å². The standard InChI is InChI=1S/C20H19N3O4/c1-2-25-20(24)13-11-18(26-16-7-3-14(21)4-8-16)23-19(12-13)27-17-9-5-15(22)6-10-17/h3-12H,2,21-22H2,1H3. The molecular weight excluding hydrogens is 346 g/mol. The maximum absolute atomic E-state index is 12.1. The molecule has 0 fully saturated rings. The molecule has 27 heavy (non-hydrogen) atoms. The van der Waals surface area contributed by atoms with Gasteiger partial charge in [-0.1, -0.05) is 0 Å². The van der Waals surface area contributed by atoms with Crippen LogP contribution in [-0.4, -0.2) is 17.6 Å². The molecule has 3 rings (SSSR count). The first-order valence-electron chi connectivity index (χ1n) is 8.29. The molecule has 0 saturated heterocycles. The number of carbonyl (C=O) groups excluding carboxylic acids is 1. The van der Waals surface area contributed by atoms with Crippen molar-refractivity contribution in [1.29, 1.82) is 0 Å². The van der Waals surface area contributed by atoms with Crippen molar-refractivity contribution in [3.05, 3.63) is 66.2 Å². The zero-order chi connectivity index (χ0) is 19.2. The van der Waals surface area contributed by atoms with E-state index in [1.807, 2.05) is 0 Å². The molecule has 0 radical (unpaired) electrons. The summed E-state index contributed by atoms with van der Waals surface area (Å²) in [4.78, 5) is 16.4. The Morgan fingerprint density at radius 1 is 0.852 bits per heavy atom. The highest BCUT2D eigenvalue weighted by molar-refractivity contribution is 5.90. The minimum absolute atomic E-state index is 0.191. The van der Waals surface area contributed by atoms with Crippen molar-refractivity contribution in [1.82, 2.24) is 4.98 Å². The first-order chi connectivity index (χ1) is 13.0. The molecule has 0 saturated carbocycles.